The average molecular weight is 181 g/mol. The summed E-state index contributed by atoms with van der Waals surface area (Å²) in [6, 6.07) is 7.62. The summed E-state index contributed by atoms with van der Waals surface area (Å²) in [4.78, 5) is 0. The lowest BCUT2D eigenvalue weighted by molar-refractivity contribution is 0.320. The Hall–Kier alpha value is -0.890. The Labute approximate surface area is 79.0 Å². The SMILES string of the molecule is CNCCC(F)c1ccccc1C. The van der Waals surface area contributed by atoms with Gasteiger partial charge in [-0.2, -0.15) is 0 Å². The largest absolute Gasteiger partial charge is 0.320 e. The summed E-state index contributed by atoms with van der Waals surface area (Å²) in [6.45, 7) is 2.66. The molecule has 1 atom stereocenters. The van der Waals surface area contributed by atoms with Gasteiger partial charge in [0.05, 0.1) is 0 Å². The number of hydrogen-bond acceptors (Lipinski definition) is 1. The fourth-order valence-electron chi connectivity index (χ4n) is 1.36. The van der Waals surface area contributed by atoms with Crippen LogP contribution < -0.4 is 5.32 Å². The van der Waals surface area contributed by atoms with Crippen molar-refractivity contribution in [3.63, 3.8) is 0 Å². The second-order valence-electron chi connectivity index (χ2n) is 3.22. The van der Waals surface area contributed by atoms with Crippen LogP contribution in [0.1, 0.15) is 23.7 Å². The summed E-state index contributed by atoms with van der Waals surface area (Å²) in [5.41, 5.74) is 1.85. The molecule has 1 aromatic rings. The summed E-state index contributed by atoms with van der Waals surface area (Å²) in [5, 5.41) is 2.95. The van der Waals surface area contributed by atoms with Crippen molar-refractivity contribution < 1.29 is 4.39 Å². The van der Waals surface area contributed by atoms with Gasteiger partial charge in [-0.15, -0.1) is 0 Å². The maximum Gasteiger partial charge on any atom is 0.127 e. The maximum atomic E-state index is 13.5. The van der Waals surface area contributed by atoms with Crippen LogP contribution in [0.3, 0.4) is 0 Å². The second kappa shape index (κ2) is 4.97. The van der Waals surface area contributed by atoms with E-state index in [1.54, 1.807) is 0 Å². The third kappa shape index (κ3) is 2.81. The number of nitrogens with one attached hydrogen (secondary N) is 1. The molecule has 0 heterocycles. The second-order valence-corrected chi connectivity index (χ2v) is 3.22. The van der Waals surface area contributed by atoms with Gasteiger partial charge >= 0.3 is 0 Å². The molecule has 0 saturated heterocycles. The van der Waals surface area contributed by atoms with E-state index in [4.69, 9.17) is 0 Å². The predicted octanol–water partition coefficient (Wildman–Crippen LogP) is 2.62. The Morgan fingerprint density at radius 2 is 2.08 bits per heavy atom. The lowest BCUT2D eigenvalue weighted by Crippen LogP contribution is -2.10. The van der Waals surface area contributed by atoms with Crippen molar-refractivity contribution >= 4 is 0 Å². The summed E-state index contributed by atoms with van der Waals surface area (Å²) >= 11 is 0. The molecule has 2 heteroatoms. The zero-order valence-electron chi connectivity index (χ0n) is 8.18. The van der Waals surface area contributed by atoms with Crippen molar-refractivity contribution in [2.24, 2.45) is 0 Å². The molecule has 13 heavy (non-hydrogen) atoms. The molecule has 0 spiro atoms. The van der Waals surface area contributed by atoms with E-state index in [1.165, 1.54) is 0 Å². The Morgan fingerprint density at radius 3 is 2.69 bits per heavy atom. The first kappa shape index (κ1) is 10.2. The first-order chi connectivity index (χ1) is 6.25. The van der Waals surface area contributed by atoms with Crippen LogP contribution in [0, 0.1) is 6.92 Å². The molecule has 0 aliphatic heterocycles. The van der Waals surface area contributed by atoms with Gasteiger partial charge < -0.3 is 5.32 Å². The molecule has 0 saturated carbocycles. The maximum absolute atomic E-state index is 13.5. The van der Waals surface area contributed by atoms with Crippen molar-refractivity contribution in [3.8, 4) is 0 Å². The van der Waals surface area contributed by atoms with E-state index in [0.717, 1.165) is 17.7 Å². The van der Waals surface area contributed by atoms with Gasteiger partial charge in [0.1, 0.15) is 6.17 Å². The lowest BCUT2D eigenvalue weighted by atomic mass is 10.0. The van der Waals surface area contributed by atoms with E-state index in [9.17, 15) is 4.39 Å². The molecule has 0 radical (unpaired) electrons. The molecule has 72 valence electrons. The first-order valence-corrected chi connectivity index (χ1v) is 4.60. The number of halogens is 1. The smallest absolute Gasteiger partial charge is 0.127 e. The van der Waals surface area contributed by atoms with Crippen molar-refractivity contribution in [2.45, 2.75) is 19.5 Å². The van der Waals surface area contributed by atoms with Crippen LogP contribution >= 0.6 is 0 Å². The molecule has 0 aliphatic carbocycles. The van der Waals surface area contributed by atoms with Gasteiger partial charge in [0.15, 0.2) is 0 Å². The molecule has 1 unspecified atom stereocenters. The highest BCUT2D eigenvalue weighted by Crippen LogP contribution is 2.23. The van der Waals surface area contributed by atoms with Crippen LogP contribution in [0.25, 0.3) is 0 Å². The number of hydrogen-bond donors (Lipinski definition) is 1. The fraction of sp³-hybridized carbons (Fsp3) is 0.455. The third-order valence-electron chi connectivity index (χ3n) is 2.17. The van der Waals surface area contributed by atoms with Crippen molar-refractivity contribution in [1.29, 1.82) is 0 Å². The molecule has 1 rings (SSSR count). The molecule has 0 aromatic heterocycles. The fourth-order valence-corrected chi connectivity index (χ4v) is 1.36. The van der Waals surface area contributed by atoms with Crippen molar-refractivity contribution in [2.75, 3.05) is 13.6 Å². The summed E-state index contributed by atoms with van der Waals surface area (Å²) in [5.74, 6) is 0. The molecule has 0 amide bonds. The molecule has 1 N–H and O–H groups in total. The summed E-state index contributed by atoms with van der Waals surface area (Å²) < 4.78 is 13.5. The van der Waals surface area contributed by atoms with Crippen LogP contribution in [0.4, 0.5) is 4.39 Å². The van der Waals surface area contributed by atoms with E-state index < -0.39 is 6.17 Å². The topological polar surface area (TPSA) is 12.0 Å². The molecular formula is C11H16FN. The third-order valence-corrected chi connectivity index (χ3v) is 2.17. The van der Waals surface area contributed by atoms with Crippen LogP contribution in [0.2, 0.25) is 0 Å². The molecule has 1 nitrogen and oxygen atoms in total. The van der Waals surface area contributed by atoms with Crippen LogP contribution in [-0.2, 0) is 0 Å². The summed E-state index contributed by atoms with van der Waals surface area (Å²) in [6.07, 6.45) is -0.296. The van der Waals surface area contributed by atoms with Gasteiger partial charge in [-0.05, 0) is 38.1 Å². The Balaban J connectivity index is 2.65. The Bertz CT molecular complexity index is 260. The van der Waals surface area contributed by atoms with Gasteiger partial charge in [0.2, 0.25) is 0 Å². The number of alkyl halides is 1. The number of aryl methyl sites for hydroxylation is 1. The number of benzene rings is 1. The molecule has 0 bridgehead atoms. The summed E-state index contributed by atoms with van der Waals surface area (Å²) in [7, 11) is 1.84. The Morgan fingerprint density at radius 1 is 1.38 bits per heavy atom. The minimum absolute atomic E-state index is 0.543. The highest BCUT2D eigenvalue weighted by atomic mass is 19.1. The lowest BCUT2D eigenvalue weighted by Gasteiger charge is -2.10. The number of rotatable bonds is 4. The minimum Gasteiger partial charge on any atom is -0.320 e. The predicted molar refractivity (Wildman–Crippen MR) is 53.6 cm³/mol. The van der Waals surface area contributed by atoms with Crippen molar-refractivity contribution in [1.82, 2.24) is 5.32 Å². The van der Waals surface area contributed by atoms with Crippen LogP contribution in [0.5, 0.6) is 0 Å². The highest BCUT2D eigenvalue weighted by Gasteiger charge is 2.10. The normalized spacial score (nSPS) is 12.8. The van der Waals surface area contributed by atoms with E-state index in [0.29, 0.717) is 6.42 Å². The van der Waals surface area contributed by atoms with Crippen LogP contribution in [0.15, 0.2) is 24.3 Å². The van der Waals surface area contributed by atoms with Gasteiger partial charge in [0, 0.05) is 0 Å². The highest BCUT2D eigenvalue weighted by molar-refractivity contribution is 5.27. The molecule has 1 aromatic carbocycles. The van der Waals surface area contributed by atoms with Gasteiger partial charge in [-0.1, -0.05) is 24.3 Å². The molecule has 0 aliphatic rings. The average Bonchev–Trinajstić information content (AvgIpc) is 2.15. The zero-order valence-corrected chi connectivity index (χ0v) is 8.18. The van der Waals surface area contributed by atoms with E-state index in [1.807, 2.05) is 38.2 Å². The van der Waals surface area contributed by atoms with Crippen LogP contribution in [-0.4, -0.2) is 13.6 Å². The molecular weight excluding hydrogens is 165 g/mol. The van der Waals surface area contributed by atoms with E-state index in [2.05, 4.69) is 5.32 Å². The van der Waals surface area contributed by atoms with Crippen molar-refractivity contribution in [3.05, 3.63) is 35.4 Å². The first-order valence-electron chi connectivity index (χ1n) is 4.60. The van der Waals surface area contributed by atoms with Gasteiger partial charge in [-0.25, -0.2) is 4.39 Å². The minimum atomic E-state index is -0.839. The molecule has 0 fully saturated rings. The Kier molecular flexibility index (Phi) is 3.90. The zero-order chi connectivity index (χ0) is 9.68. The van der Waals surface area contributed by atoms with E-state index >= 15 is 0 Å². The van der Waals surface area contributed by atoms with E-state index in [-0.39, 0.29) is 0 Å². The standard InChI is InChI=1S/C11H16FN/c1-9-5-3-4-6-10(9)11(12)7-8-13-2/h3-6,11,13H,7-8H2,1-2H3. The van der Waals surface area contributed by atoms with Gasteiger partial charge in [0.25, 0.3) is 0 Å². The quantitative estimate of drug-likeness (QED) is 0.753. The monoisotopic (exact) mass is 181 g/mol. The van der Waals surface area contributed by atoms with Gasteiger partial charge in [-0.3, -0.25) is 0 Å².